The maximum Gasteiger partial charge on any atom is 0.165 e. The van der Waals surface area contributed by atoms with Crippen LogP contribution in [0.1, 0.15) is 17.5 Å². The van der Waals surface area contributed by atoms with Crippen LogP contribution >= 0.6 is 0 Å². The summed E-state index contributed by atoms with van der Waals surface area (Å²) < 4.78 is 11.8. The number of hydrogen-bond donors (Lipinski definition) is 1. The van der Waals surface area contributed by atoms with Gasteiger partial charge in [-0.25, -0.2) is 0 Å². The second kappa shape index (κ2) is 4.06. The van der Waals surface area contributed by atoms with Crippen LogP contribution in [0.15, 0.2) is 24.3 Å². The van der Waals surface area contributed by atoms with E-state index in [1.54, 1.807) is 7.11 Å². The van der Waals surface area contributed by atoms with E-state index in [4.69, 9.17) is 9.47 Å². The third-order valence-corrected chi connectivity index (χ3v) is 6.35. The Balaban J connectivity index is 1.82. The smallest absolute Gasteiger partial charge is 0.165 e. The van der Waals surface area contributed by atoms with Gasteiger partial charge in [-0.1, -0.05) is 18.2 Å². The fourth-order valence-corrected chi connectivity index (χ4v) is 5.39. The fraction of sp³-hybridized carbons (Fsp3) is 0.556. The molecule has 116 valence electrons. The molecule has 1 saturated heterocycles. The molecular weight excluding hydrogens is 278 g/mol. The van der Waals surface area contributed by atoms with Gasteiger partial charge in [0.25, 0.3) is 0 Å². The van der Waals surface area contributed by atoms with Crippen molar-refractivity contribution in [1.29, 1.82) is 0 Å². The first-order chi connectivity index (χ1) is 10.7. The van der Waals surface area contributed by atoms with E-state index in [1.165, 1.54) is 11.1 Å². The maximum absolute atomic E-state index is 10.6. The summed E-state index contributed by atoms with van der Waals surface area (Å²) in [5.41, 5.74) is 2.60. The topological polar surface area (TPSA) is 41.9 Å². The van der Waals surface area contributed by atoms with Crippen molar-refractivity contribution in [1.82, 2.24) is 4.90 Å². The van der Waals surface area contributed by atoms with Gasteiger partial charge >= 0.3 is 0 Å². The van der Waals surface area contributed by atoms with Gasteiger partial charge < -0.3 is 19.5 Å². The zero-order valence-electron chi connectivity index (χ0n) is 13.0. The summed E-state index contributed by atoms with van der Waals surface area (Å²) in [6.07, 6.45) is 5.54. The minimum atomic E-state index is -0.539. The molecular formula is C18H21NO3. The first-order valence-corrected chi connectivity index (χ1v) is 8.10. The van der Waals surface area contributed by atoms with Crippen molar-refractivity contribution in [3.8, 4) is 11.5 Å². The number of likely N-dealkylation sites (tertiary alicyclic amines) is 1. The number of aliphatic hydroxyl groups excluding tert-OH is 1. The Morgan fingerprint density at radius 1 is 1.36 bits per heavy atom. The van der Waals surface area contributed by atoms with Crippen LogP contribution in [0.2, 0.25) is 0 Å². The molecule has 0 radical (unpaired) electrons. The van der Waals surface area contributed by atoms with Gasteiger partial charge in [0.2, 0.25) is 0 Å². The Hall–Kier alpha value is -1.52. The second-order valence-electron chi connectivity index (χ2n) is 7.11. The Morgan fingerprint density at radius 2 is 2.23 bits per heavy atom. The summed E-state index contributed by atoms with van der Waals surface area (Å²) in [5.74, 6) is 2.09. The number of methoxy groups -OCH3 is 1. The van der Waals surface area contributed by atoms with E-state index in [0.29, 0.717) is 12.0 Å². The Labute approximate surface area is 130 Å². The number of hydrogen-bond acceptors (Lipinski definition) is 4. The van der Waals surface area contributed by atoms with Crippen molar-refractivity contribution in [3.63, 3.8) is 0 Å². The molecule has 5 rings (SSSR count). The molecule has 22 heavy (non-hydrogen) atoms. The Morgan fingerprint density at radius 3 is 3.05 bits per heavy atom. The summed E-state index contributed by atoms with van der Waals surface area (Å²) >= 11 is 0. The van der Waals surface area contributed by atoms with Crippen LogP contribution in [0, 0.1) is 5.92 Å². The lowest BCUT2D eigenvalue weighted by atomic mass is 9.53. The third-order valence-electron chi connectivity index (χ3n) is 6.35. The van der Waals surface area contributed by atoms with Crippen LogP contribution < -0.4 is 9.47 Å². The highest BCUT2D eigenvalue weighted by molar-refractivity contribution is 5.62. The minimum Gasteiger partial charge on any atom is -0.493 e. The highest BCUT2D eigenvalue weighted by atomic mass is 16.5. The first-order valence-electron chi connectivity index (χ1n) is 8.10. The van der Waals surface area contributed by atoms with Crippen LogP contribution in [-0.2, 0) is 11.8 Å². The maximum atomic E-state index is 10.6. The molecule has 1 aromatic rings. The van der Waals surface area contributed by atoms with E-state index in [1.807, 2.05) is 12.1 Å². The zero-order chi connectivity index (χ0) is 15.1. The molecule has 4 aliphatic rings. The molecule has 1 N–H and O–H groups in total. The lowest BCUT2D eigenvalue weighted by molar-refractivity contribution is -0.0453. The minimum absolute atomic E-state index is 0.0806. The number of likely N-dealkylation sites (N-methyl/N-ethyl adjacent to an activating group) is 1. The molecule has 4 nitrogen and oxygen atoms in total. The van der Waals surface area contributed by atoms with E-state index in [2.05, 4.69) is 24.1 Å². The quantitative estimate of drug-likeness (QED) is 0.798. The SMILES string of the molecule is COc1ccc2c3c1OC1[C@@H](O)C=C[C@H]4C(C2)N(C)CC[C@]314. The van der Waals surface area contributed by atoms with E-state index in [0.717, 1.165) is 30.9 Å². The predicted octanol–water partition coefficient (Wildman–Crippen LogP) is 1.50. The fourth-order valence-electron chi connectivity index (χ4n) is 5.39. The first kappa shape index (κ1) is 13.0. The zero-order valence-corrected chi connectivity index (χ0v) is 13.0. The molecule has 1 fully saturated rings. The highest BCUT2D eigenvalue weighted by Crippen LogP contribution is 2.62. The molecule has 2 heterocycles. The van der Waals surface area contributed by atoms with E-state index in [9.17, 15) is 5.11 Å². The molecule has 1 aromatic carbocycles. The normalized spacial score (nSPS) is 41.0. The predicted molar refractivity (Wildman–Crippen MR) is 82.5 cm³/mol. The average molecular weight is 299 g/mol. The van der Waals surface area contributed by atoms with E-state index in [-0.39, 0.29) is 11.5 Å². The van der Waals surface area contributed by atoms with E-state index < -0.39 is 6.10 Å². The lowest BCUT2D eigenvalue weighted by Crippen LogP contribution is -2.64. The largest absolute Gasteiger partial charge is 0.493 e. The molecule has 2 bridgehead atoms. The average Bonchev–Trinajstić information content (AvgIpc) is 2.88. The molecule has 2 unspecified atom stereocenters. The molecule has 4 heteroatoms. The van der Waals surface area contributed by atoms with Gasteiger partial charge in [0.1, 0.15) is 12.2 Å². The summed E-state index contributed by atoms with van der Waals surface area (Å²) in [7, 11) is 3.91. The van der Waals surface area contributed by atoms with Crippen molar-refractivity contribution >= 4 is 0 Å². The van der Waals surface area contributed by atoms with Gasteiger partial charge in [0.15, 0.2) is 11.5 Å². The van der Waals surface area contributed by atoms with Crippen molar-refractivity contribution in [3.05, 3.63) is 35.4 Å². The highest BCUT2D eigenvalue weighted by Gasteiger charge is 2.64. The van der Waals surface area contributed by atoms with Crippen LogP contribution in [-0.4, -0.2) is 49.0 Å². The molecule has 0 saturated carbocycles. The molecule has 2 aliphatic heterocycles. The number of benzene rings is 1. The standard InChI is InChI=1S/C18H21NO3/c1-19-8-7-18-11-4-5-13(20)17(18)22-16-14(21-2)6-3-10(15(16)18)9-12(11)19/h3-6,11-13,17,20H,7-9H2,1-2H3/t11-,12?,13-,17?,18-/m0/s1. The molecule has 0 amide bonds. The van der Waals surface area contributed by atoms with Crippen LogP contribution in [0.3, 0.4) is 0 Å². The number of rotatable bonds is 1. The van der Waals surface area contributed by atoms with Crippen molar-refractivity contribution < 1.29 is 14.6 Å². The van der Waals surface area contributed by atoms with E-state index >= 15 is 0 Å². The van der Waals surface area contributed by atoms with Crippen LogP contribution in [0.5, 0.6) is 11.5 Å². The van der Waals surface area contributed by atoms with Crippen LogP contribution in [0.4, 0.5) is 0 Å². The number of nitrogens with zero attached hydrogens (tertiary/aromatic N) is 1. The van der Waals surface area contributed by atoms with Gasteiger partial charge in [0.05, 0.1) is 7.11 Å². The molecule has 0 aromatic heterocycles. The van der Waals surface area contributed by atoms with Gasteiger partial charge in [-0.2, -0.15) is 0 Å². The molecule has 5 atom stereocenters. The summed E-state index contributed by atoms with van der Waals surface area (Å²) in [6.45, 7) is 1.05. The third kappa shape index (κ3) is 1.28. The van der Waals surface area contributed by atoms with Gasteiger partial charge in [0, 0.05) is 22.9 Å². The number of aliphatic hydroxyl groups is 1. The van der Waals surface area contributed by atoms with Crippen molar-refractivity contribution in [2.24, 2.45) is 5.92 Å². The number of piperidine rings is 1. The Bertz CT molecular complexity index is 685. The van der Waals surface area contributed by atoms with Crippen molar-refractivity contribution in [2.75, 3.05) is 20.7 Å². The van der Waals surface area contributed by atoms with Gasteiger partial charge in [-0.05, 0) is 38.1 Å². The lowest BCUT2D eigenvalue weighted by Gasteiger charge is -2.56. The van der Waals surface area contributed by atoms with Crippen molar-refractivity contribution in [2.45, 2.75) is 36.5 Å². The number of ether oxygens (including phenoxy) is 2. The Kier molecular flexibility index (Phi) is 2.39. The summed E-state index contributed by atoms with van der Waals surface area (Å²) in [5, 5.41) is 10.6. The summed E-state index contributed by atoms with van der Waals surface area (Å²) in [4.78, 5) is 2.47. The second-order valence-corrected chi connectivity index (χ2v) is 7.11. The summed E-state index contributed by atoms with van der Waals surface area (Å²) in [6, 6.07) is 4.70. The molecule has 1 spiro atoms. The van der Waals surface area contributed by atoms with Gasteiger partial charge in [-0.15, -0.1) is 0 Å². The van der Waals surface area contributed by atoms with Gasteiger partial charge in [-0.3, -0.25) is 0 Å². The molecule has 2 aliphatic carbocycles. The van der Waals surface area contributed by atoms with Crippen LogP contribution in [0.25, 0.3) is 0 Å². The monoisotopic (exact) mass is 299 g/mol.